The van der Waals surface area contributed by atoms with Crippen LogP contribution in [-0.2, 0) is 11.3 Å². The van der Waals surface area contributed by atoms with Gasteiger partial charge in [0.05, 0.1) is 24.6 Å². The molecule has 34 heavy (non-hydrogen) atoms. The van der Waals surface area contributed by atoms with Gasteiger partial charge in [-0.1, -0.05) is 18.2 Å². The number of ether oxygens (including phenoxy) is 3. The van der Waals surface area contributed by atoms with E-state index in [4.69, 9.17) is 14.2 Å². The highest BCUT2D eigenvalue weighted by atomic mass is 32.1. The lowest BCUT2D eigenvalue weighted by Crippen LogP contribution is -2.32. The minimum absolute atomic E-state index is 0.0110. The van der Waals surface area contributed by atoms with E-state index in [-0.39, 0.29) is 12.0 Å². The highest BCUT2D eigenvalue weighted by Gasteiger charge is 2.28. The molecular weight excluding hydrogens is 466 g/mol. The summed E-state index contributed by atoms with van der Waals surface area (Å²) >= 11 is 3.24. The van der Waals surface area contributed by atoms with Gasteiger partial charge in [0.25, 0.3) is 5.91 Å². The van der Waals surface area contributed by atoms with Crippen LogP contribution < -0.4 is 9.47 Å². The number of fused-ring (bicyclic) bond motifs is 2. The average Bonchev–Trinajstić information content (AvgIpc) is 3.57. The number of carbonyl (C=O) groups excluding carboxylic acids is 1. The van der Waals surface area contributed by atoms with Crippen LogP contribution in [0.1, 0.15) is 27.2 Å². The van der Waals surface area contributed by atoms with Gasteiger partial charge < -0.3 is 19.1 Å². The fraction of sp³-hybridized carbons (Fsp3) is 0.296. The number of thiophene rings is 2. The molecule has 2 aromatic heterocycles. The normalized spacial score (nSPS) is 17.9. The van der Waals surface area contributed by atoms with Crippen molar-refractivity contribution >= 4 is 38.7 Å². The number of hydrogen-bond donors (Lipinski definition) is 0. The molecule has 2 aromatic carbocycles. The van der Waals surface area contributed by atoms with Crippen molar-refractivity contribution in [1.29, 1.82) is 0 Å². The monoisotopic (exact) mass is 491 g/mol. The Morgan fingerprint density at radius 2 is 2.06 bits per heavy atom. The highest BCUT2D eigenvalue weighted by molar-refractivity contribution is 7.17. The van der Waals surface area contributed by atoms with Gasteiger partial charge in [0.15, 0.2) is 11.5 Å². The predicted octanol–water partition coefficient (Wildman–Crippen LogP) is 6.14. The molecule has 174 valence electrons. The summed E-state index contributed by atoms with van der Waals surface area (Å²) in [6, 6.07) is 14.7. The second kappa shape index (κ2) is 9.06. The topological polar surface area (TPSA) is 48.0 Å². The lowest BCUT2D eigenvalue weighted by molar-refractivity contribution is 0.0737. The molecule has 0 radical (unpaired) electrons. The summed E-state index contributed by atoms with van der Waals surface area (Å²) in [5.74, 6) is 1.54. The van der Waals surface area contributed by atoms with Crippen molar-refractivity contribution in [2.24, 2.45) is 0 Å². The Labute approximate surface area is 206 Å². The maximum atomic E-state index is 13.3. The predicted molar refractivity (Wildman–Crippen MR) is 136 cm³/mol. The van der Waals surface area contributed by atoms with Crippen molar-refractivity contribution < 1.29 is 19.0 Å². The van der Waals surface area contributed by atoms with Gasteiger partial charge in [-0.3, -0.25) is 4.79 Å². The van der Waals surface area contributed by atoms with Crippen LogP contribution in [0.15, 0.2) is 53.2 Å². The van der Waals surface area contributed by atoms with Gasteiger partial charge in [-0.25, -0.2) is 0 Å². The molecule has 0 aliphatic carbocycles. The molecule has 2 aliphatic heterocycles. The zero-order valence-electron chi connectivity index (χ0n) is 18.9. The molecule has 0 spiro atoms. The van der Waals surface area contributed by atoms with E-state index in [1.807, 2.05) is 23.3 Å². The third-order valence-electron chi connectivity index (χ3n) is 6.42. The van der Waals surface area contributed by atoms with Crippen LogP contribution in [0.2, 0.25) is 0 Å². The lowest BCUT2D eigenvalue weighted by Gasteiger charge is -2.21. The number of carbonyl (C=O) groups is 1. The molecule has 6 rings (SSSR count). The molecule has 1 unspecified atom stereocenters. The Balaban J connectivity index is 1.43. The van der Waals surface area contributed by atoms with Crippen LogP contribution in [-0.4, -0.2) is 43.3 Å². The summed E-state index contributed by atoms with van der Waals surface area (Å²) in [6.45, 7) is 4.74. The molecule has 2 aliphatic rings. The molecular formula is C27H25NO4S2. The first kappa shape index (κ1) is 21.6. The SMILES string of the molecule is Cc1ccsc1C(=O)N1CCOc2c(cc(-c3csc4ccccc34)cc2OC2CCOC2)C1. The zero-order valence-corrected chi connectivity index (χ0v) is 20.5. The van der Waals surface area contributed by atoms with Gasteiger partial charge in [0, 0.05) is 34.2 Å². The quantitative estimate of drug-likeness (QED) is 0.344. The van der Waals surface area contributed by atoms with Gasteiger partial charge in [0.1, 0.15) is 12.7 Å². The van der Waals surface area contributed by atoms with Gasteiger partial charge >= 0.3 is 0 Å². The largest absolute Gasteiger partial charge is 0.487 e. The van der Waals surface area contributed by atoms with Gasteiger partial charge in [-0.05, 0) is 53.1 Å². The fourth-order valence-corrected chi connectivity index (χ4v) is 6.48. The standard InChI is InChI=1S/C27H25NO4S2/c1-17-7-11-33-26(17)27(29)28-8-10-31-25-19(14-28)12-18(13-23(25)32-20-6-9-30-15-20)22-16-34-24-5-3-2-4-21(22)24/h2-5,7,11-13,16,20H,6,8-10,14-15H2,1H3. The molecule has 1 fully saturated rings. The van der Waals surface area contributed by atoms with Crippen molar-refractivity contribution in [2.45, 2.75) is 26.0 Å². The lowest BCUT2D eigenvalue weighted by atomic mass is 10.0. The van der Waals surface area contributed by atoms with E-state index in [9.17, 15) is 4.79 Å². The highest BCUT2D eigenvalue weighted by Crippen LogP contribution is 2.42. The Bertz CT molecular complexity index is 1350. The Hall–Kier alpha value is -2.87. The molecule has 4 aromatic rings. The first-order valence-corrected chi connectivity index (χ1v) is 13.3. The number of hydrogen-bond acceptors (Lipinski definition) is 6. The van der Waals surface area contributed by atoms with Crippen molar-refractivity contribution in [3.63, 3.8) is 0 Å². The summed E-state index contributed by atoms with van der Waals surface area (Å²) in [7, 11) is 0. The van der Waals surface area contributed by atoms with Crippen LogP contribution in [0.3, 0.4) is 0 Å². The van der Waals surface area contributed by atoms with Crippen LogP contribution in [0, 0.1) is 6.92 Å². The van der Waals surface area contributed by atoms with E-state index < -0.39 is 0 Å². The van der Waals surface area contributed by atoms with Crippen molar-refractivity contribution in [2.75, 3.05) is 26.4 Å². The Morgan fingerprint density at radius 3 is 2.88 bits per heavy atom. The minimum atomic E-state index is 0.0110. The molecule has 0 bridgehead atoms. The molecule has 1 amide bonds. The number of nitrogens with zero attached hydrogens (tertiary/aromatic N) is 1. The molecule has 1 atom stereocenters. The summed E-state index contributed by atoms with van der Waals surface area (Å²) in [5, 5.41) is 5.39. The maximum absolute atomic E-state index is 13.3. The molecule has 5 nitrogen and oxygen atoms in total. The van der Waals surface area contributed by atoms with E-state index in [2.05, 4.69) is 41.8 Å². The van der Waals surface area contributed by atoms with Crippen LogP contribution in [0.4, 0.5) is 0 Å². The van der Waals surface area contributed by atoms with E-state index >= 15 is 0 Å². The number of amides is 1. The molecule has 1 saturated heterocycles. The molecule has 0 saturated carbocycles. The van der Waals surface area contributed by atoms with Gasteiger partial charge in [0.2, 0.25) is 0 Å². The fourth-order valence-electron chi connectivity index (χ4n) is 4.62. The minimum Gasteiger partial charge on any atom is -0.487 e. The third kappa shape index (κ3) is 3.98. The third-order valence-corrected chi connectivity index (χ3v) is 8.39. The first-order valence-electron chi connectivity index (χ1n) is 11.5. The zero-order chi connectivity index (χ0) is 23.1. The smallest absolute Gasteiger partial charge is 0.264 e. The van der Waals surface area contributed by atoms with Crippen molar-refractivity contribution in [1.82, 2.24) is 4.90 Å². The summed E-state index contributed by atoms with van der Waals surface area (Å²) in [6.07, 6.45) is 0.875. The summed E-state index contributed by atoms with van der Waals surface area (Å²) < 4.78 is 19.4. The first-order chi connectivity index (χ1) is 16.7. The average molecular weight is 492 g/mol. The number of rotatable bonds is 4. The maximum Gasteiger partial charge on any atom is 0.264 e. The van der Waals surface area contributed by atoms with E-state index in [1.165, 1.54) is 27.0 Å². The van der Waals surface area contributed by atoms with E-state index in [0.717, 1.165) is 39.5 Å². The van der Waals surface area contributed by atoms with Gasteiger partial charge in [-0.2, -0.15) is 0 Å². The van der Waals surface area contributed by atoms with E-state index in [1.54, 1.807) is 11.3 Å². The second-order valence-electron chi connectivity index (χ2n) is 8.72. The summed E-state index contributed by atoms with van der Waals surface area (Å²) in [5.41, 5.74) is 4.24. The second-order valence-corrected chi connectivity index (χ2v) is 10.5. The van der Waals surface area contributed by atoms with E-state index in [0.29, 0.717) is 32.9 Å². The van der Waals surface area contributed by atoms with Crippen LogP contribution >= 0.6 is 22.7 Å². The Kier molecular flexibility index (Phi) is 5.77. The Morgan fingerprint density at radius 1 is 1.15 bits per heavy atom. The van der Waals surface area contributed by atoms with Crippen molar-refractivity contribution in [3.8, 4) is 22.6 Å². The molecule has 4 heterocycles. The number of benzene rings is 2. The van der Waals surface area contributed by atoms with Crippen LogP contribution in [0.25, 0.3) is 21.2 Å². The number of aryl methyl sites for hydroxylation is 1. The molecule has 0 N–H and O–H groups in total. The van der Waals surface area contributed by atoms with Crippen molar-refractivity contribution in [3.05, 3.63) is 69.2 Å². The van der Waals surface area contributed by atoms with Crippen LogP contribution in [0.5, 0.6) is 11.5 Å². The summed E-state index contributed by atoms with van der Waals surface area (Å²) in [4.78, 5) is 16.0. The molecule has 7 heteroatoms. The van der Waals surface area contributed by atoms with Gasteiger partial charge in [-0.15, -0.1) is 22.7 Å².